The number of nitrogens with one attached hydrogen (secondary N) is 1. The van der Waals surface area contributed by atoms with Crippen molar-refractivity contribution < 1.29 is 8.42 Å². The number of rotatable bonds is 5. The van der Waals surface area contributed by atoms with Crippen LogP contribution in [0, 0.1) is 5.92 Å². The molecule has 1 saturated carbocycles. The van der Waals surface area contributed by atoms with E-state index in [1.54, 1.807) is 12.1 Å². The number of benzene rings is 1. The first-order valence-electron chi connectivity index (χ1n) is 5.39. The van der Waals surface area contributed by atoms with Gasteiger partial charge in [-0.3, -0.25) is 4.72 Å². The zero-order chi connectivity index (χ0) is 11.6. The summed E-state index contributed by atoms with van der Waals surface area (Å²) in [7, 11) is -3.21. The monoisotopic (exact) mass is 240 g/mol. The third-order valence-electron chi connectivity index (χ3n) is 2.65. The fourth-order valence-electron chi connectivity index (χ4n) is 1.60. The van der Waals surface area contributed by atoms with E-state index >= 15 is 0 Å². The number of anilines is 1. The van der Waals surface area contributed by atoms with Crippen LogP contribution in [0.15, 0.2) is 24.3 Å². The lowest BCUT2D eigenvalue weighted by molar-refractivity contribution is 0.597. The predicted octanol–water partition coefficient (Wildman–Crippen LogP) is 1.30. The highest BCUT2D eigenvalue weighted by Crippen LogP contribution is 2.30. The van der Waals surface area contributed by atoms with Crippen LogP contribution >= 0.6 is 0 Å². The van der Waals surface area contributed by atoms with Gasteiger partial charge in [0.25, 0.3) is 0 Å². The molecule has 2 rings (SSSR count). The molecule has 0 unspecified atom stereocenters. The second kappa shape index (κ2) is 4.43. The van der Waals surface area contributed by atoms with Crippen molar-refractivity contribution in [1.29, 1.82) is 0 Å². The lowest BCUT2D eigenvalue weighted by atomic mass is 10.2. The van der Waals surface area contributed by atoms with E-state index in [4.69, 9.17) is 5.73 Å². The van der Waals surface area contributed by atoms with Gasteiger partial charge in [0.05, 0.1) is 11.4 Å². The van der Waals surface area contributed by atoms with Gasteiger partial charge in [-0.2, -0.15) is 0 Å². The molecule has 0 saturated heterocycles. The minimum absolute atomic E-state index is 0.228. The highest BCUT2D eigenvalue weighted by molar-refractivity contribution is 7.92. The largest absolute Gasteiger partial charge is 0.326 e. The van der Waals surface area contributed by atoms with Gasteiger partial charge in [0.2, 0.25) is 10.0 Å². The fourth-order valence-corrected chi connectivity index (χ4v) is 3.17. The normalized spacial score (nSPS) is 16.1. The van der Waals surface area contributed by atoms with Crippen LogP contribution in [0.5, 0.6) is 0 Å². The Hall–Kier alpha value is -1.07. The molecule has 0 heterocycles. The van der Waals surface area contributed by atoms with Crippen LogP contribution in [-0.4, -0.2) is 14.2 Å². The lowest BCUT2D eigenvalue weighted by Gasteiger charge is -2.10. The zero-order valence-electron chi connectivity index (χ0n) is 9.02. The molecule has 1 aromatic carbocycles. The Morgan fingerprint density at radius 1 is 1.31 bits per heavy atom. The first-order valence-corrected chi connectivity index (χ1v) is 7.04. The maximum atomic E-state index is 11.8. The van der Waals surface area contributed by atoms with Crippen LogP contribution in [0.1, 0.15) is 18.4 Å². The van der Waals surface area contributed by atoms with Crippen molar-refractivity contribution in [2.24, 2.45) is 11.7 Å². The summed E-state index contributed by atoms with van der Waals surface area (Å²) in [5.41, 5.74) is 6.97. The SMILES string of the molecule is NCc1ccccc1NS(=O)(=O)CC1CC1. The molecular weight excluding hydrogens is 224 g/mol. The molecule has 5 heteroatoms. The van der Waals surface area contributed by atoms with Crippen LogP contribution in [0.3, 0.4) is 0 Å². The molecule has 0 spiro atoms. The van der Waals surface area contributed by atoms with Gasteiger partial charge in [-0.25, -0.2) is 8.42 Å². The number of hydrogen-bond acceptors (Lipinski definition) is 3. The summed E-state index contributed by atoms with van der Waals surface area (Å²) in [6, 6.07) is 7.22. The van der Waals surface area contributed by atoms with Gasteiger partial charge in [0, 0.05) is 6.54 Å². The summed E-state index contributed by atoms with van der Waals surface area (Å²) >= 11 is 0. The zero-order valence-corrected chi connectivity index (χ0v) is 9.83. The van der Waals surface area contributed by atoms with Gasteiger partial charge < -0.3 is 5.73 Å². The highest BCUT2D eigenvalue weighted by atomic mass is 32.2. The van der Waals surface area contributed by atoms with E-state index in [0.717, 1.165) is 18.4 Å². The number of sulfonamides is 1. The summed E-state index contributed by atoms with van der Waals surface area (Å²) in [5.74, 6) is 0.578. The van der Waals surface area contributed by atoms with E-state index < -0.39 is 10.0 Å². The molecule has 1 aliphatic carbocycles. The minimum atomic E-state index is -3.21. The molecule has 0 radical (unpaired) electrons. The van der Waals surface area contributed by atoms with Crippen molar-refractivity contribution in [3.8, 4) is 0 Å². The van der Waals surface area contributed by atoms with Crippen molar-refractivity contribution in [2.45, 2.75) is 19.4 Å². The summed E-state index contributed by atoms with van der Waals surface area (Å²) < 4.78 is 26.1. The van der Waals surface area contributed by atoms with E-state index in [1.807, 2.05) is 12.1 Å². The Labute approximate surface area is 95.9 Å². The first-order chi connectivity index (χ1) is 7.61. The second-order valence-electron chi connectivity index (χ2n) is 4.19. The number of hydrogen-bond donors (Lipinski definition) is 2. The number of nitrogens with two attached hydrogens (primary N) is 1. The molecule has 1 aromatic rings. The lowest BCUT2D eigenvalue weighted by Crippen LogP contribution is -2.19. The molecule has 4 nitrogen and oxygen atoms in total. The molecule has 88 valence electrons. The van der Waals surface area contributed by atoms with Crippen LogP contribution in [0.2, 0.25) is 0 Å². The van der Waals surface area contributed by atoms with Crippen LogP contribution in [0.25, 0.3) is 0 Å². The Bertz CT molecular complexity index is 467. The van der Waals surface area contributed by atoms with E-state index in [0.29, 0.717) is 18.2 Å². The number of para-hydroxylation sites is 1. The van der Waals surface area contributed by atoms with E-state index in [-0.39, 0.29) is 5.75 Å². The minimum Gasteiger partial charge on any atom is -0.326 e. The van der Waals surface area contributed by atoms with Crippen molar-refractivity contribution in [2.75, 3.05) is 10.5 Å². The molecule has 0 bridgehead atoms. The maximum absolute atomic E-state index is 11.8. The van der Waals surface area contributed by atoms with Gasteiger partial charge in [0.15, 0.2) is 0 Å². The third kappa shape index (κ3) is 2.96. The van der Waals surface area contributed by atoms with E-state index in [2.05, 4.69) is 4.72 Å². The van der Waals surface area contributed by atoms with Gasteiger partial charge in [0.1, 0.15) is 0 Å². The standard InChI is InChI=1S/C11H16N2O2S/c12-7-10-3-1-2-4-11(10)13-16(14,15)8-9-5-6-9/h1-4,9,13H,5-8,12H2. The van der Waals surface area contributed by atoms with Crippen molar-refractivity contribution >= 4 is 15.7 Å². The molecule has 0 aromatic heterocycles. The Morgan fingerprint density at radius 2 is 2.00 bits per heavy atom. The second-order valence-corrected chi connectivity index (χ2v) is 5.96. The third-order valence-corrected chi connectivity index (χ3v) is 4.10. The van der Waals surface area contributed by atoms with Gasteiger partial charge >= 0.3 is 0 Å². The topological polar surface area (TPSA) is 72.2 Å². The Balaban J connectivity index is 2.12. The van der Waals surface area contributed by atoms with Crippen LogP contribution < -0.4 is 10.5 Å². The molecule has 0 amide bonds. The molecule has 16 heavy (non-hydrogen) atoms. The maximum Gasteiger partial charge on any atom is 0.233 e. The first kappa shape index (κ1) is 11.4. The Kier molecular flexibility index (Phi) is 3.16. The molecule has 3 N–H and O–H groups in total. The molecule has 1 fully saturated rings. The van der Waals surface area contributed by atoms with E-state index in [9.17, 15) is 8.42 Å². The smallest absolute Gasteiger partial charge is 0.233 e. The summed E-state index contributed by atoms with van der Waals surface area (Å²) in [5, 5.41) is 0. The Morgan fingerprint density at radius 3 is 2.62 bits per heavy atom. The van der Waals surface area contributed by atoms with Gasteiger partial charge in [-0.1, -0.05) is 18.2 Å². The molecular formula is C11H16N2O2S. The van der Waals surface area contributed by atoms with Gasteiger partial charge in [-0.15, -0.1) is 0 Å². The average Bonchev–Trinajstić information content (AvgIpc) is 3.01. The molecule has 0 atom stereocenters. The van der Waals surface area contributed by atoms with Crippen LogP contribution in [0.4, 0.5) is 5.69 Å². The van der Waals surface area contributed by atoms with Crippen LogP contribution in [-0.2, 0) is 16.6 Å². The fraction of sp³-hybridized carbons (Fsp3) is 0.455. The van der Waals surface area contributed by atoms with Crippen molar-refractivity contribution in [3.05, 3.63) is 29.8 Å². The van der Waals surface area contributed by atoms with Gasteiger partial charge in [-0.05, 0) is 30.4 Å². The van der Waals surface area contributed by atoms with E-state index in [1.165, 1.54) is 0 Å². The molecule has 1 aliphatic rings. The average molecular weight is 240 g/mol. The quantitative estimate of drug-likeness (QED) is 0.814. The van der Waals surface area contributed by atoms with Crippen molar-refractivity contribution in [1.82, 2.24) is 0 Å². The summed E-state index contributed by atoms with van der Waals surface area (Å²) in [6.07, 6.45) is 2.05. The molecule has 0 aliphatic heterocycles. The summed E-state index contributed by atoms with van der Waals surface area (Å²) in [4.78, 5) is 0. The highest BCUT2D eigenvalue weighted by Gasteiger charge is 2.28. The van der Waals surface area contributed by atoms with Crippen molar-refractivity contribution in [3.63, 3.8) is 0 Å². The predicted molar refractivity (Wildman–Crippen MR) is 64.5 cm³/mol. The summed E-state index contributed by atoms with van der Waals surface area (Å²) in [6.45, 7) is 0.335.